The van der Waals surface area contributed by atoms with E-state index in [-0.39, 0.29) is 5.75 Å². The van der Waals surface area contributed by atoms with Gasteiger partial charge in [0.1, 0.15) is 12.1 Å². The van der Waals surface area contributed by atoms with Crippen LogP contribution in [-0.2, 0) is 6.54 Å². The highest BCUT2D eigenvalue weighted by Crippen LogP contribution is 2.29. The van der Waals surface area contributed by atoms with Crippen molar-refractivity contribution >= 4 is 16.7 Å². The van der Waals surface area contributed by atoms with E-state index < -0.39 is 5.82 Å². The Morgan fingerprint density at radius 3 is 2.69 bits per heavy atom. The molecule has 2 aromatic carbocycles. The van der Waals surface area contributed by atoms with Crippen LogP contribution < -0.4 is 9.64 Å². The van der Waals surface area contributed by atoms with Crippen LogP contribution in [0, 0.1) is 17.1 Å². The molecule has 1 aliphatic rings. The van der Waals surface area contributed by atoms with Gasteiger partial charge in [0.25, 0.3) is 0 Å². The van der Waals surface area contributed by atoms with Gasteiger partial charge in [0.05, 0.1) is 24.3 Å². The van der Waals surface area contributed by atoms with Gasteiger partial charge in [-0.2, -0.15) is 5.26 Å². The van der Waals surface area contributed by atoms with E-state index in [9.17, 15) is 4.39 Å². The van der Waals surface area contributed by atoms with E-state index in [0.717, 1.165) is 50.3 Å². The molecule has 148 valence electrons. The molecule has 0 unspecified atom stereocenters. The van der Waals surface area contributed by atoms with Crippen molar-refractivity contribution in [2.45, 2.75) is 13.0 Å². The zero-order chi connectivity index (χ0) is 20.2. The van der Waals surface area contributed by atoms with Crippen molar-refractivity contribution in [2.75, 3.05) is 38.2 Å². The number of hydrogen-bond acceptors (Lipinski definition) is 6. The van der Waals surface area contributed by atoms with E-state index in [2.05, 4.69) is 25.8 Å². The zero-order valence-electron chi connectivity index (χ0n) is 16.3. The number of benzene rings is 2. The number of methoxy groups -OCH3 is 1. The lowest BCUT2D eigenvalue weighted by Gasteiger charge is -2.24. The summed E-state index contributed by atoms with van der Waals surface area (Å²) in [5.74, 6) is 0.591. The molecule has 0 radical (unpaired) electrons. The van der Waals surface area contributed by atoms with Crippen LogP contribution in [0.2, 0.25) is 0 Å². The molecule has 0 N–H and O–H groups in total. The SMILES string of the molecule is COc1cc2c(N3CCCN(Cc4ccc(C#N)cc4)CC3)ncnc2cc1F. The average Bonchev–Trinajstić information content (AvgIpc) is 2.99. The number of nitriles is 1. The highest BCUT2D eigenvalue weighted by atomic mass is 19.1. The highest BCUT2D eigenvalue weighted by molar-refractivity contribution is 5.90. The molecule has 0 atom stereocenters. The largest absolute Gasteiger partial charge is 0.494 e. The molecule has 4 rings (SSSR count). The van der Waals surface area contributed by atoms with Gasteiger partial charge in [-0.3, -0.25) is 4.90 Å². The third kappa shape index (κ3) is 4.13. The quantitative estimate of drug-likeness (QED) is 0.680. The van der Waals surface area contributed by atoms with Gasteiger partial charge in [0, 0.05) is 44.2 Å². The average molecular weight is 391 g/mol. The monoisotopic (exact) mass is 391 g/mol. The second-order valence-corrected chi connectivity index (χ2v) is 7.13. The van der Waals surface area contributed by atoms with Crippen molar-refractivity contribution in [1.29, 1.82) is 5.26 Å². The fourth-order valence-electron chi connectivity index (χ4n) is 3.74. The van der Waals surface area contributed by atoms with Crippen molar-refractivity contribution < 1.29 is 9.13 Å². The van der Waals surface area contributed by atoms with Gasteiger partial charge < -0.3 is 9.64 Å². The van der Waals surface area contributed by atoms with Crippen LogP contribution in [0.25, 0.3) is 10.9 Å². The number of halogens is 1. The van der Waals surface area contributed by atoms with Crippen LogP contribution in [0.4, 0.5) is 10.2 Å². The second-order valence-electron chi connectivity index (χ2n) is 7.13. The maximum Gasteiger partial charge on any atom is 0.167 e. The van der Waals surface area contributed by atoms with Crippen molar-refractivity contribution in [3.05, 3.63) is 59.7 Å². The molecule has 1 fully saturated rings. The third-order valence-electron chi connectivity index (χ3n) is 5.27. The molecule has 3 aromatic rings. The van der Waals surface area contributed by atoms with Crippen LogP contribution in [0.1, 0.15) is 17.5 Å². The van der Waals surface area contributed by atoms with E-state index >= 15 is 0 Å². The first-order valence-corrected chi connectivity index (χ1v) is 9.62. The number of ether oxygens (including phenoxy) is 1. The lowest BCUT2D eigenvalue weighted by molar-refractivity contribution is 0.285. The molecule has 0 aliphatic carbocycles. The molecule has 1 aliphatic heterocycles. The summed E-state index contributed by atoms with van der Waals surface area (Å²) < 4.78 is 19.2. The van der Waals surface area contributed by atoms with Gasteiger partial charge in [-0.05, 0) is 30.2 Å². The van der Waals surface area contributed by atoms with Gasteiger partial charge in [-0.15, -0.1) is 0 Å². The maximum atomic E-state index is 14.0. The molecule has 6 nitrogen and oxygen atoms in total. The molecule has 0 spiro atoms. The Morgan fingerprint density at radius 2 is 1.93 bits per heavy atom. The highest BCUT2D eigenvalue weighted by Gasteiger charge is 2.19. The molecule has 0 amide bonds. The smallest absolute Gasteiger partial charge is 0.167 e. The number of rotatable bonds is 4. The van der Waals surface area contributed by atoms with E-state index in [1.165, 1.54) is 25.1 Å². The van der Waals surface area contributed by atoms with Gasteiger partial charge >= 0.3 is 0 Å². The van der Waals surface area contributed by atoms with Gasteiger partial charge in [0.2, 0.25) is 0 Å². The molecular formula is C22H22FN5O. The fourth-order valence-corrected chi connectivity index (χ4v) is 3.74. The molecule has 0 bridgehead atoms. The summed E-state index contributed by atoms with van der Waals surface area (Å²) in [4.78, 5) is 13.4. The van der Waals surface area contributed by atoms with Crippen LogP contribution in [-0.4, -0.2) is 48.2 Å². The summed E-state index contributed by atoms with van der Waals surface area (Å²) in [5, 5.41) is 9.74. The fraction of sp³-hybridized carbons (Fsp3) is 0.318. The lowest BCUT2D eigenvalue weighted by atomic mass is 10.1. The van der Waals surface area contributed by atoms with Crippen molar-refractivity contribution in [3.63, 3.8) is 0 Å². The summed E-state index contributed by atoms with van der Waals surface area (Å²) >= 11 is 0. The van der Waals surface area contributed by atoms with Crippen LogP contribution in [0.3, 0.4) is 0 Å². The van der Waals surface area contributed by atoms with Crippen molar-refractivity contribution in [1.82, 2.24) is 14.9 Å². The normalized spacial score (nSPS) is 15.1. The standard InChI is InChI=1S/C22H22FN5O/c1-29-21-11-18-20(12-19(21)23)25-15-26-22(18)28-8-2-7-27(9-10-28)14-17-5-3-16(13-24)4-6-17/h3-6,11-12,15H,2,7-10,14H2,1H3. The number of aromatic nitrogens is 2. The summed E-state index contributed by atoms with van der Waals surface area (Å²) in [6.45, 7) is 4.42. The molecule has 0 saturated carbocycles. The number of anilines is 1. The Morgan fingerprint density at radius 1 is 1.10 bits per heavy atom. The van der Waals surface area contributed by atoms with E-state index in [4.69, 9.17) is 10.00 Å². The molecule has 1 saturated heterocycles. The maximum absolute atomic E-state index is 14.0. The minimum absolute atomic E-state index is 0.200. The van der Waals surface area contributed by atoms with Gasteiger partial charge in [0.15, 0.2) is 11.6 Å². The Kier molecular flexibility index (Phi) is 5.54. The third-order valence-corrected chi connectivity index (χ3v) is 5.27. The van der Waals surface area contributed by atoms with Crippen molar-refractivity contribution in [2.24, 2.45) is 0 Å². The predicted octanol–water partition coefficient (Wildman–Crippen LogP) is 3.36. The van der Waals surface area contributed by atoms with Gasteiger partial charge in [-0.25, -0.2) is 14.4 Å². The summed E-state index contributed by atoms with van der Waals surface area (Å²) in [7, 11) is 1.46. The molecule has 7 heteroatoms. The number of fused-ring (bicyclic) bond motifs is 1. The second kappa shape index (κ2) is 8.41. The van der Waals surface area contributed by atoms with E-state index in [0.29, 0.717) is 11.1 Å². The van der Waals surface area contributed by atoms with Crippen molar-refractivity contribution in [3.8, 4) is 11.8 Å². The first-order chi connectivity index (χ1) is 14.2. The van der Waals surface area contributed by atoms with E-state index in [1.54, 1.807) is 6.07 Å². The molecule has 29 heavy (non-hydrogen) atoms. The molecular weight excluding hydrogens is 369 g/mol. The van der Waals surface area contributed by atoms with Crippen LogP contribution >= 0.6 is 0 Å². The molecule has 1 aromatic heterocycles. The zero-order valence-corrected chi connectivity index (χ0v) is 16.3. The Bertz CT molecular complexity index is 1050. The Labute approximate surface area is 169 Å². The first-order valence-electron chi connectivity index (χ1n) is 9.62. The van der Waals surface area contributed by atoms with Crippen LogP contribution in [0.15, 0.2) is 42.7 Å². The van der Waals surface area contributed by atoms with E-state index in [1.807, 2.05) is 24.3 Å². The minimum Gasteiger partial charge on any atom is -0.494 e. The topological polar surface area (TPSA) is 65.3 Å². The summed E-state index contributed by atoms with van der Waals surface area (Å²) in [6.07, 6.45) is 2.49. The molecule has 2 heterocycles. The number of hydrogen-bond donors (Lipinski definition) is 0. The van der Waals surface area contributed by atoms with Crippen LogP contribution in [0.5, 0.6) is 5.75 Å². The lowest BCUT2D eigenvalue weighted by Crippen LogP contribution is -2.31. The minimum atomic E-state index is -0.422. The predicted molar refractivity (Wildman–Crippen MR) is 109 cm³/mol. The summed E-state index contributed by atoms with van der Waals surface area (Å²) in [5.41, 5.74) is 2.45. The first kappa shape index (κ1) is 19.1. The van der Waals surface area contributed by atoms with Gasteiger partial charge in [-0.1, -0.05) is 12.1 Å². The Hall–Kier alpha value is -3.24. The summed E-state index contributed by atoms with van der Waals surface area (Å²) in [6, 6.07) is 13.0. The number of nitrogens with zero attached hydrogens (tertiary/aromatic N) is 5. The Balaban J connectivity index is 1.51.